The Morgan fingerprint density at radius 2 is 2.11 bits per heavy atom. The fourth-order valence-electron chi connectivity index (χ4n) is 1.67. The first-order valence-corrected chi connectivity index (χ1v) is 6.48. The summed E-state index contributed by atoms with van der Waals surface area (Å²) in [5, 5.41) is 12.0. The molecule has 2 rings (SSSR count). The summed E-state index contributed by atoms with van der Waals surface area (Å²) in [6, 6.07) is 10.2. The molecule has 1 heterocycles. The minimum absolute atomic E-state index is 0.254. The topological polar surface area (TPSA) is 48.7 Å². The smallest absolute Gasteiger partial charge is 0.140 e. The average Bonchev–Trinajstić information content (AvgIpc) is 2.43. The lowest BCUT2D eigenvalue weighted by molar-refractivity contribution is 0.619. The van der Waals surface area contributed by atoms with E-state index in [1.165, 1.54) is 12.1 Å². The zero-order valence-electron chi connectivity index (χ0n) is 10.0. The van der Waals surface area contributed by atoms with Crippen molar-refractivity contribution in [2.24, 2.45) is 0 Å². The second-order valence-corrected chi connectivity index (χ2v) is 4.85. The molecule has 0 amide bonds. The number of hydrogen-bond donors (Lipinski definition) is 1. The van der Waals surface area contributed by atoms with Crippen LogP contribution in [-0.4, -0.2) is 4.98 Å². The predicted molar refractivity (Wildman–Crippen MR) is 73.6 cm³/mol. The SMILES string of the molecule is N#Cc1cc(CNCc2cc(F)ccc2Br)ccn1. The summed E-state index contributed by atoms with van der Waals surface area (Å²) in [6.07, 6.45) is 1.60. The first-order valence-electron chi connectivity index (χ1n) is 5.68. The minimum atomic E-state index is -0.254. The number of nitrogens with zero attached hydrogens (tertiary/aromatic N) is 2. The Morgan fingerprint density at radius 1 is 1.26 bits per heavy atom. The number of halogens is 2. The Bertz CT molecular complexity index is 622. The van der Waals surface area contributed by atoms with Gasteiger partial charge in [0.25, 0.3) is 0 Å². The molecular formula is C14H11BrFN3. The summed E-state index contributed by atoms with van der Waals surface area (Å²) in [7, 11) is 0. The van der Waals surface area contributed by atoms with Crippen molar-refractivity contribution in [1.82, 2.24) is 10.3 Å². The molecule has 0 bridgehead atoms. The van der Waals surface area contributed by atoms with Crippen LogP contribution < -0.4 is 5.32 Å². The monoisotopic (exact) mass is 319 g/mol. The van der Waals surface area contributed by atoms with Gasteiger partial charge in [0.2, 0.25) is 0 Å². The van der Waals surface area contributed by atoms with E-state index in [9.17, 15) is 4.39 Å². The Hall–Kier alpha value is -1.77. The van der Waals surface area contributed by atoms with E-state index in [1.54, 1.807) is 18.3 Å². The van der Waals surface area contributed by atoms with E-state index in [0.29, 0.717) is 18.8 Å². The van der Waals surface area contributed by atoms with Gasteiger partial charge in [0.15, 0.2) is 0 Å². The summed E-state index contributed by atoms with van der Waals surface area (Å²) >= 11 is 3.38. The molecule has 3 nitrogen and oxygen atoms in total. The number of rotatable bonds is 4. The summed E-state index contributed by atoms with van der Waals surface area (Å²) in [6.45, 7) is 1.14. The fourth-order valence-corrected chi connectivity index (χ4v) is 2.05. The molecule has 19 heavy (non-hydrogen) atoms. The van der Waals surface area contributed by atoms with Gasteiger partial charge in [0, 0.05) is 23.8 Å². The van der Waals surface area contributed by atoms with Crippen LogP contribution in [0.3, 0.4) is 0 Å². The van der Waals surface area contributed by atoms with E-state index in [0.717, 1.165) is 15.6 Å². The van der Waals surface area contributed by atoms with Gasteiger partial charge in [0.1, 0.15) is 17.6 Å². The average molecular weight is 320 g/mol. The van der Waals surface area contributed by atoms with Crippen molar-refractivity contribution in [3.05, 3.63) is 63.6 Å². The molecule has 0 aliphatic rings. The van der Waals surface area contributed by atoms with Crippen LogP contribution in [0, 0.1) is 17.1 Å². The van der Waals surface area contributed by atoms with Crippen molar-refractivity contribution in [3.63, 3.8) is 0 Å². The number of benzene rings is 1. The van der Waals surface area contributed by atoms with Crippen LogP contribution in [-0.2, 0) is 13.1 Å². The van der Waals surface area contributed by atoms with Gasteiger partial charge >= 0.3 is 0 Å². The highest BCUT2D eigenvalue weighted by Gasteiger charge is 2.02. The number of nitrogens with one attached hydrogen (secondary N) is 1. The zero-order valence-corrected chi connectivity index (χ0v) is 11.6. The lowest BCUT2D eigenvalue weighted by atomic mass is 10.2. The second-order valence-electron chi connectivity index (χ2n) is 4.00. The molecule has 1 aromatic carbocycles. The molecule has 0 aliphatic heterocycles. The van der Waals surface area contributed by atoms with Crippen molar-refractivity contribution in [2.75, 3.05) is 0 Å². The fraction of sp³-hybridized carbons (Fsp3) is 0.143. The normalized spacial score (nSPS) is 10.2. The molecule has 2 aromatic rings. The van der Waals surface area contributed by atoms with E-state index >= 15 is 0 Å². The van der Waals surface area contributed by atoms with Crippen LogP contribution in [0.25, 0.3) is 0 Å². The third-order valence-corrected chi connectivity index (χ3v) is 3.36. The Balaban J connectivity index is 1.96. The standard InChI is InChI=1S/C14H11BrFN3/c15-14-2-1-12(16)6-11(14)9-18-8-10-3-4-19-13(5-10)7-17/h1-6,18H,8-9H2. The number of aromatic nitrogens is 1. The van der Waals surface area contributed by atoms with Gasteiger partial charge in [-0.1, -0.05) is 15.9 Å². The van der Waals surface area contributed by atoms with E-state index in [-0.39, 0.29) is 5.82 Å². The van der Waals surface area contributed by atoms with Gasteiger partial charge in [-0.15, -0.1) is 0 Å². The van der Waals surface area contributed by atoms with E-state index in [2.05, 4.69) is 26.2 Å². The molecule has 0 saturated heterocycles. The summed E-state index contributed by atoms with van der Waals surface area (Å²) in [5.74, 6) is -0.254. The molecule has 0 radical (unpaired) electrons. The molecule has 1 N–H and O–H groups in total. The maximum Gasteiger partial charge on any atom is 0.140 e. The third kappa shape index (κ3) is 3.85. The first-order chi connectivity index (χ1) is 9.19. The van der Waals surface area contributed by atoms with Crippen molar-refractivity contribution >= 4 is 15.9 Å². The maximum absolute atomic E-state index is 13.1. The van der Waals surface area contributed by atoms with Crippen molar-refractivity contribution in [3.8, 4) is 6.07 Å². The van der Waals surface area contributed by atoms with E-state index in [4.69, 9.17) is 5.26 Å². The highest BCUT2D eigenvalue weighted by molar-refractivity contribution is 9.10. The lowest BCUT2D eigenvalue weighted by Crippen LogP contribution is -2.13. The van der Waals surface area contributed by atoms with Gasteiger partial charge in [-0.2, -0.15) is 5.26 Å². The molecule has 5 heteroatoms. The second kappa shape index (κ2) is 6.41. The molecular weight excluding hydrogens is 309 g/mol. The van der Waals surface area contributed by atoms with Gasteiger partial charge in [-0.25, -0.2) is 9.37 Å². The number of pyridine rings is 1. The van der Waals surface area contributed by atoms with Crippen LogP contribution in [0.1, 0.15) is 16.8 Å². The third-order valence-electron chi connectivity index (χ3n) is 2.59. The molecule has 96 valence electrons. The Morgan fingerprint density at radius 3 is 2.89 bits per heavy atom. The van der Waals surface area contributed by atoms with Crippen molar-refractivity contribution in [2.45, 2.75) is 13.1 Å². The van der Waals surface area contributed by atoms with Gasteiger partial charge in [0.05, 0.1) is 0 Å². The molecule has 0 fully saturated rings. The van der Waals surface area contributed by atoms with Crippen LogP contribution >= 0.6 is 15.9 Å². The molecule has 0 aliphatic carbocycles. The number of nitriles is 1. The molecule has 0 unspecified atom stereocenters. The first kappa shape index (κ1) is 13.7. The van der Waals surface area contributed by atoms with Gasteiger partial charge < -0.3 is 5.32 Å². The molecule has 0 saturated carbocycles. The van der Waals surface area contributed by atoms with E-state index < -0.39 is 0 Å². The van der Waals surface area contributed by atoms with Crippen molar-refractivity contribution in [1.29, 1.82) is 5.26 Å². The van der Waals surface area contributed by atoms with Crippen LogP contribution in [0.2, 0.25) is 0 Å². The van der Waals surface area contributed by atoms with Gasteiger partial charge in [-0.05, 0) is 41.5 Å². The largest absolute Gasteiger partial charge is 0.309 e. The predicted octanol–water partition coefficient (Wildman–Crippen LogP) is 3.14. The van der Waals surface area contributed by atoms with Crippen LogP contribution in [0.5, 0.6) is 0 Å². The van der Waals surface area contributed by atoms with E-state index in [1.807, 2.05) is 12.1 Å². The zero-order chi connectivity index (χ0) is 13.7. The highest BCUT2D eigenvalue weighted by atomic mass is 79.9. The Labute approximate surface area is 119 Å². The lowest BCUT2D eigenvalue weighted by Gasteiger charge is -2.07. The summed E-state index contributed by atoms with van der Waals surface area (Å²) < 4.78 is 14.0. The quantitative estimate of drug-likeness (QED) is 0.941. The maximum atomic E-state index is 13.1. The van der Waals surface area contributed by atoms with Gasteiger partial charge in [-0.3, -0.25) is 0 Å². The molecule has 1 aromatic heterocycles. The number of hydrogen-bond acceptors (Lipinski definition) is 3. The minimum Gasteiger partial charge on any atom is -0.309 e. The summed E-state index contributed by atoms with van der Waals surface area (Å²) in [4.78, 5) is 3.90. The summed E-state index contributed by atoms with van der Waals surface area (Å²) in [5.41, 5.74) is 2.22. The Kier molecular flexibility index (Phi) is 4.61. The van der Waals surface area contributed by atoms with Crippen molar-refractivity contribution < 1.29 is 4.39 Å². The van der Waals surface area contributed by atoms with Crippen LogP contribution in [0.15, 0.2) is 41.0 Å². The highest BCUT2D eigenvalue weighted by Crippen LogP contribution is 2.17. The van der Waals surface area contributed by atoms with Crippen LogP contribution in [0.4, 0.5) is 4.39 Å². The molecule has 0 atom stereocenters. The molecule has 0 spiro atoms.